The van der Waals surface area contributed by atoms with Crippen LogP contribution >= 0.6 is 11.8 Å². The summed E-state index contributed by atoms with van der Waals surface area (Å²) in [5, 5.41) is 23.8. The number of nitrogens with zero attached hydrogens (tertiary/aromatic N) is 2. The normalized spacial score (nSPS) is 10.7. The number of carboxylic acid groups (broad SMARTS) is 2. The third-order valence-electron chi connectivity index (χ3n) is 6.04. The SMILES string of the molecule is Cc1c(NC(=O)CSc2ccc(NC(=O)c3ccc(C(=O)O)cc3C(=O)O)cc2)c(=O)n(-c2ccccc2)n1C. The van der Waals surface area contributed by atoms with E-state index in [2.05, 4.69) is 10.6 Å². The number of aromatic nitrogens is 2. The number of hydrogen-bond acceptors (Lipinski definition) is 6. The van der Waals surface area contributed by atoms with Gasteiger partial charge in [0.15, 0.2) is 0 Å². The molecule has 1 aromatic heterocycles. The fourth-order valence-electron chi connectivity index (χ4n) is 3.92. The van der Waals surface area contributed by atoms with Crippen molar-refractivity contribution in [3.8, 4) is 5.69 Å². The van der Waals surface area contributed by atoms with Gasteiger partial charge in [-0.05, 0) is 61.5 Å². The number of amides is 2. The summed E-state index contributed by atoms with van der Waals surface area (Å²) in [5.74, 6) is -3.78. The highest BCUT2D eigenvalue weighted by Gasteiger charge is 2.20. The van der Waals surface area contributed by atoms with Crippen molar-refractivity contribution in [3.05, 3.63) is 106 Å². The van der Waals surface area contributed by atoms with E-state index in [-0.39, 0.29) is 34.0 Å². The van der Waals surface area contributed by atoms with E-state index in [0.29, 0.717) is 17.1 Å². The van der Waals surface area contributed by atoms with E-state index < -0.39 is 23.4 Å². The monoisotopic (exact) mass is 560 g/mol. The van der Waals surface area contributed by atoms with Gasteiger partial charge < -0.3 is 20.8 Å². The Hall–Kier alpha value is -5.10. The van der Waals surface area contributed by atoms with Crippen LogP contribution < -0.4 is 16.2 Å². The highest BCUT2D eigenvalue weighted by Crippen LogP contribution is 2.22. The van der Waals surface area contributed by atoms with Crippen LogP contribution in [-0.4, -0.2) is 49.1 Å². The molecular weight excluding hydrogens is 536 g/mol. The lowest BCUT2D eigenvalue weighted by Gasteiger charge is -2.09. The number of aromatic carboxylic acids is 2. The molecule has 0 aliphatic rings. The van der Waals surface area contributed by atoms with Crippen LogP contribution in [0, 0.1) is 6.92 Å². The molecular formula is C28H24N4O7S. The van der Waals surface area contributed by atoms with Crippen molar-refractivity contribution in [1.82, 2.24) is 9.36 Å². The van der Waals surface area contributed by atoms with Crippen molar-refractivity contribution in [2.45, 2.75) is 11.8 Å². The molecule has 3 aromatic carbocycles. The number of anilines is 2. The van der Waals surface area contributed by atoms with Crippen molar-refractivity contribution in [2.24, 2.45) is 7.05 Å². The number of carbonyl (C=O) groups is 4. The van der Waals surface area contributed by atoms with Crippen LogP contribution in [0.3, 0.4) is 0 Å². The molecule has 1 heterocycles. The topological polar surface area (TPSA) is 160 Å². The molecule has 40 heavy (non-hydrogen) atoms. The molecule has 0 saturated heterocycles. The van der Waals surface area contributed by atoms with Gasteiger partial charge in [-0.15, -0.1) is 11.8 Å². The predicted molar refractivity (Wildman–Crippen MR) is 150 cm³/mol. The van der Waals surface area contributed by atoms with Crippen LogP contribution in [0.1, 0.15) is 36.8 Å². The summed E-state index contributed by atoms with van der Waals surface area (Å²) in [7, 11) is 1.74. The fourth-order valence-corrected chi connectivity index (χ4v) is 4.62. The van der Waals surface area contributed by atoms with E-state index in [1.54, 1.807) is 55.1 Å². The smallest absolute Gasteiger partial charge is 0.336 e. The number of thioether (sulfide) groups is 1. The minimum absolute atomic E-state index is 0.0305. The molecule has 12 heteroatoms. The summed E-state index contributed by atoms with van der Waals surface area (Å²) in [4.78, 5) is 61.7. The van der Waals surface area contributed by atoms with Crippen molar-refractivity contribution in [2.75, 3.05) is 16.4 Å². The Kier molecular flexibility index (Phi) is 8.20. The number of hydrogen-bond donors (Lipinski definition) is 4. The summed E-state index contributed by atoms with van der Waals surface area (Å²) in [6, 6.07) is 18.8. The third-order valence-corrected chi connectivity index (χ3v) is 7.05. The fraction of sp³-hybridized carbons (Fsp3) is 0.107. The Balaban J connectivity index is 1.39. The van der Waals surface area contributed by atoms with E-state index in [9.17, 15) is 29.1 Å². The molecule has 0 atom stereocenters. The van der Waals surface area contributed by atoms with E-state index in [1.807, 2.05) is 18.2 Å². The molecule has 2 amide bonds. The molecule has 0 aliphatic heterocycles. The molecule has 0 bridgehead atoms. The largest absolute Gasteiger partial charge is 0.478 e. The molecule has 0 unspecified atom stereocenters. The standard InChI is InChI=1S/C28H24N4O7S/c1-16-24(26(35)32(31(16)2)19-6-4-3-5-7-19)30-23(33)15-40-20-11-9-18(10-12-20)29-25(34)21-13-8-17(27(36)37)14-22(21)28(38)39/h3-14H,15H2,1-2H3,(H,29,34)(H,30,33)(H,36,37)(H,38,39). The van der Waals surface area contributed by atoms with Gasteiger partial charge in [-0.25, -0.2) is 14.3 Å². The van der Waals surface area contributed by atoms with Crippen molar-refractivity contribution in [3.63, 3.8) is 0 Å². The first kappa shape index (κ1) is 27.9. The number of carbonyl (C=O) groups excluding carboxylic acids is 2. The van der Waals surface area contributed by atoms with Crippen LogP contribution in [0.2, 0.25) is 0 Å². The molecule has 0 radical (unpaired) electrons. The van der Waals surface area contributed by atoms with Gasteiger partial charge in [0.25, 0.3) is 11.5 Å². The zero-order valence-electron chi connectivity index (χ0n) is 21.4. The zero-order valence-corrected chi connectivity index (χ0v) is 22.2. The Labute approximate surface area is 232 Å². The number of benzene rings is 3. The van der Waals surface area contributed by atoms with Gasteiger partial charge in [-0.2, -0.15) is 0 Å². The number of para-hydroxylation sites is 1. The maximum absolute atomic E-state index is 13.0. The lowest BCUT2D eigenvalue weighted by molar-refractivity contribution is -0.113. The Morgan fingerprint density at radius 1 is 0.850 bits per heavy atom. The highest BCUT2D eigenvalue weighted by molar-refractivity contribution is 8.00. The molecule has 4 rings (SSSR count). The zero-order chi connectivity index (χ0) is 29.0. The minimum Gasteiger partial charge on any atom is -0.478 e. The summed E-state index contributed by atoms with van der Waals surface area (Å²) >= 11 is 1.23. The number of carboxylic acids is 2. The second-order valence-corrected chi connectivity index (χ2v) is 9.67. The summed E-state index contributed by atoms with van der Waals surface area (Å²) in [5.41, 5.74) is 0.658. The Morgan fingerprint density at radius 3 is 2.15 bits per heavy atom. The van der Waals surface area contributed by atoms with Crippen LogP contribution in [0.5, 0.6) is 0 Å². The Morgan fingerprint density at radius 2 is 1.52 bits per heavy atom. The van der Waals surface area contributed by atoms with Gasteiger partial charge in [0, 0.05) is 17.6 Å². The van der Waals surface area contributed by atoms with Crippen LogP contribution in [-0.2, 0) is 11.8 Å². The molecule has 4 aromatic rings. The Bertz CT molecular complexity index is 1680. The molecule has 0 aliphatic carbocycles. The average molecular weight is 561 g/mol. The first-order valence-corrected chi connectivity index (χ1v) is 12.8. The van der Waals surface area contributed by atoms with Gasteiger partial charge in [0.2, 0.25) is 5.91 Å². The maximum atomic E-state index is 13.0. The highest BCUT2D eigenvalue weighted by atomic mass is 32.2. The molecule has 4 N–H and O–H groups in total. The van der Waals surface area contributed by atoms with Crippen molar-refractivity contribution < 1.29 is 29.4 Å². The minimum atomic E-state index is -1.43. The van der Waals surface area contributed by atoms with Gasteiger partial charge in [-0.3, -0.25) is 19.1 Å². The van der Waals surface area contributed by atoms with Gasteiger partial charge in [-0.1, -0.05) is 18.2 Å². The molecule has 11 nitrogen and oxygen atoms in total. The first-order chi connectivity index (χ1) is 19.1. The second-order valence-electron chi connectivity index (χ2n) is 8.62. The van der Waals surface area contributed by atoms with E-state index in [0.717, 1.165) is 23.1 Å². The quantitative estimate of drug-likeness (QED) is 0.225. The summed E-state index contributed by atoms with van der Waals surface area (Å²) in [6.07, 6.45) is 0. The van der Waals surface area contributed by atoms with Crippen LogP contribution in [0.15, 0.2) is 82.5 Å². The molecule has 0 fully saturated rings. The van der Waals surface area contributed by atoms with Gasteiger partial charge in [0.1, 0.15) is 5.69 Å². The summed E-state index contributed by atoms with van der Waals surface area (Å²) < 4.78 is 3.15. The summed E-state index contributed by atoms with van der Waals surface area (Å²) in [6.45, 7) is 1.75. The molecule has 204 valence electrons. The molecule has 0 saturated carbocycles. The maximum Gasteiger partial charge on any atom is 0.336 e. The third kappa shape index (κ3) is 5.97. The van der Waals surface area contributed by atoms with Gasteiger partial charge >= 0.3 is 11.9 Å². The average Bonchev–Trinajstić information content (AvgIpc) is 3.15. The molecule has 0 spiro atoms. The number of rotatable bonds is 9. The predicted octanol–water partition coefficient (Wildman–Crippen LogP) is 3.86. The van der Waals surface area contributed by atoms with E-state index >= 15 is 0 Å². The number of nitrogens with one attached hydrogen (secondary N) is 2. The van der Waals surface area contributed by atoms with Gasteiger partial charge in [0.05, 0.1) is 33.8 Å². The van der Waals surface area contributed by atoms with Crippen LogP contribution in [0.25, 0.3) is 5.69 Å². The first-order valence-electron chi connectivity index (χ1n) is 11.9. The van der Waals surface area contributed by atoms with Crippen LogP contribution in [0.4, 0.5) is 11.4 Å². The lowest BCUT2D eigenvalue weighted by atomic mass is 10.0. The van der Waals surface area contributed by atoms with E-state index in [1.165, 1.54) is 16.4 Å². The van der Waals surface area contributed by atoms with E-state index in [4.69, 9.17) is 5.11 Å². The second kappa shape index (κ2) is 11.7. The lowest BCUT2D eigenvalue weighted by Crippen LogP contribution is -2.23. The van der Waals surface area contributed by atoms with Crippen molar-refractivity contribution in [1.29, 1.82) is 0 Å². The van der Waals surface area contributed by atoms with Crippen molar-refractivity contribution >= 4 is 46.9 Å².